The molecule has 1 aliphatic carbocycles. The van der Waals surface area contributed by atoms with Gasteiger partial charge in [-0.15, -0.1) is 0 Å². The number of likely N-dealkylation sites (N-methyl/N-ethyl adjacent to an activating group) is 1. The first-order valence-electron chi connectivity index (χ1n) is 8.99. The number of fused-ring (bicyclic) bond motifs is 1. The lowest BCUT2D eigenvalue weighted by Crippen LogP contribution is -2.40. The summed E-state index contributed by atoms with van der Waals surface area (Å²) in [5, 5.41) is 11.3. The molecule has 2 N–H and O–H groups in total. The zero-order valence-corrected chi connectivity index (χ0v) is 15.3. The molecule has 3 heterocycles. The largest absolute Gasteiger partial charge is 0.390 e. The lowest BCUT2D eigenvalue weighted by Gasteiger charge is -2.26. The van der Waals surface area contributed by atoms with Crippen molar-refractivity contribution < 1.29 is 13.5 Å². The summed E-state index contributed by atoms with van der Waals surface area (Å²) in [7, 11) is -1.24. The molecule has 1 saturated carbocycles. The molecular weight excluding hydrogens is 338 g/mol. The van der Waals surface area contributed by atoms with Crippen LogP contribution in [-0.2, 0) is 16.4 Å². The number of pyridine rings is 1. The van der Waals surface area contributed by atoms with E-state index in [0.29, 0.717) is 12.5 Å². The number of H-pyrrole nitrogens is 1. The molecule has 0 amide bonds. The first-order chi connectivity index (χ1) is 11.9. The van der Waals surface area contributed by atoms with Crippen molar-refractivity contribution in [3.05, 3.63) is 29.6 Å². The molecular formula is C18H25N3O3S. The number of aliphatic hydroxyl groups is 1. The molecule has 136 valence electrons. The minimum absolute atomic E-state index is 0.0318. The molecule has 2 aromatic rings. The summed E-state index contributed by atoms with van der Waals surface area (Å²) in [4.78, 5) is 9.96. The molecule has 2 atom stereocenters. The van der Waals surface area contributed by atoms with Gasteiger partial charge in [0.2, 0.25) is 0 Å². The van der Waals surface area contributed by atoms with Gasteiger partial charge in [0.05, 0.1) is 23.7 Å². The second-order valence-corrected chi connectivity index (χ2v) is 9.68. The summed E-state index contributed by atoms with van der Waals surface area (Å²) in [6.07, 6.45) is 5.85. The Kier molecular flexibility index (Phi) is 4.33. The van der Waals surface area contributed by atoms with Gasteiger partial charge < -0.3 is 10.1 Å². The first kappa shape index (κ1) is 17.0. The van der Waals surface area contributed by atoms with E-state index >= 15 is 0 Å². The quantitative estimate of drug-likeness (QED) is 0.865. The molecule has 2 aromatic heterocycles. The average molecular weight is 363 g/mol. The monoisotopic (exact) mass is 363 g/mol. The van der Waals surface area contributed by atoms with Gasteiger partial charge in [0, 0.05) is 23.8 Å². The third-order valence-electron chi connectivity index (χ3n) is 5.74. The van der Waals surface area contributed by atoms with E-state index in [-0.39, 0.29) is 17.5 Å². The van der Waals surface area contributed by atoms with Crippen molar-refractivity contribution in [1.82, 2.24) is 14.9 Å². The normalized spacial score (nSPS) is 26.8. The van der Waals surface area contributed by atoms with Gasteiger partial charge in [-0.3, -0.25) is 4.90 Å². The summed E-state index contributed by atoms with van der Waals surface area (Å²) in [5.41, 5.74) is 3.34. The Morgan fingerprint density at radius 2 is 2.08 bits per heavy atom. The van der Waals surface area contributed by atoms with Gasteiger partial charge in [-0.05, 0) is 43.5 Å². The molecule has 1 saturated heterocycles. The fourth-order valence-corrected chi connectivity index (χ4v) is 6.30. The van der Waals surface area contributed by atoms with Crippen LogP contribution in [0.2, 0.25) is 0 Å². The van der Waals surface area contributed by atoms with Crippen LogP contribution in [0.3, 0.4) is 0 Å². The van der Waals surface area contributed by atoms with Crippen LogP contribution in [0, 0.1) is 0 Å². The van der Waals surface area contributed by atoms with Crippen molar-refractivity contribution in [3.63, 3.8) is 0 Å². The summed E-state index contributed by atoms with van der Waals surface area (Å²) >= 11 is 0. The lowest BCUT2D eigenvalue weighted by atomic mass is 9.98. The van der Waals surface area contributed by atoms with Gasteiger partial charge in [-0.2, -0.15) is 0 Å². The van der Waals surface area contributed by atoms with Crippen LogP contribution in [0.5, 0.6) is 0 Å². The topological polar surface area (TPSA) is 86.3 Å². The van der Waals surface area contributed by atoms with Crippen molar-refractivity contribution in [2.75, 3.05) is 18.6 Å². The Hall–Kier alpha value is -1.44. The number of aromatic nitrogens is 2. The van der Waals surface area contributed by atoms with Crippen LogP contribution in [0.1, 0.15) is 42.9 Å². The SMILES string of the molecule is CN(Cc1c(C2CCCC2)[nH]c2ncccc12)C1CS(=O)(=O)C[C@H]1O. The smallest absolute Gasteiger partial charge is 0.154 e. The number of hydrogen-bond donors (Lipinski definition) is 2. The molecule has 0 spiro atoms. The molecule has 6 nitrogen and oxygen atoms in total. The second kappa shape index (κ2) is 6.37. The molecule has 4 rings (SSSR count). The molecule has 0 bridgehead atoms. The van der Waals surface area contributed by atoms with Crippen LogP contribution in [0.25, 0.3) is 11.0 Å². The summed E-state index contributed by atoms with van der Waals surface area (Å²) in [6, 6.07) is 3.66. The molecule has 2 aliphatic rings. The highest BCUT2D eigenvalue weighted by Gasteiger charge is 2.39. The molecule has 1 aliphatic heterocycles. The minimum Gasteiger partial charge on any atom is -0.390 e. The fraction of sp³-hybridized carbons (Fsp3) is 0.611. The van der Waals surface area contributed by atoms with E-state index in [4.69, 9.17) is 0 Å². The van der Waals surface area contributed by atoms with Crippen molar-refractivity contribution in [2.45, 2.75) is 50.3 Å². The number of hydrogen-bond acceptors (Lipinski definition) is 5. The van der Waals surface area contributed by atoms with Crippen LogP contribution in [0.4, 0.5) is 0 Å². The van der Waals surface area contributed by atoms with E-state index in [1.165, 1.54) is 36.9 Å². The number of aromatic amines is 1. The van der Waals surface area contributed by atoms with Crippen molar-refractivity contribution in [2.24, 2.45) is 0 Å². The van der Waals surface area contributed by atoms with Gasteiger partial charge in [0.25, 0.3) is 0 Å². The van der Waals surface area contributed by atoms with Crippen molar-refractivity contribution in [3.8, 4) is 0 Å². The Bertz CT molecular complexity index is 871. The van der Waals surface area contributed by atoms with Gasteiger partial charge in [-0.25, -0.2) is 13.4 Å². The zero-order valence-electron chi connectivity index (χ0n) is 14.5. The van der Waals surface area contributed by atoms with E-state index in [0.717, 1.165) is 11.0 Å². The van der Waals surface area contributed by atoms with Crippen LogP contribution in [0.15, 0.2) is 18.3 Å². The summed E-state index contributed by atoms with van der Waals surface area (Å²) in [6.45, 7) is 0.620. The lowest BCUT2D eigenvalue weighted by molar-refractivity contribution is 0.0958. The Morgan fingerprint density at radius 1 is 1.32 bits per heavy atom. The highest BCUT2D eigenvalue weighted by Crippen LogP contribution is 2.38. The predicted octanol–water partition coefficient (Wildman–Crippen LogP) is 1.81. The Morgan fingerprint density at radius 3 is 2.76 bits per heavy atom. The van der Waals surface area contributed by atoms with Gasteiger partial charge >= 0.3 is 0 Å². The zero-order chi connectivity index (χ0) is 17.6. The third kappa shape index (κ3) is 3.20. The van der Waals surface area contributed by atoms with Gasteiger partial charge in [-0.1, -0.05) is 12.8 Å². The van der Waals surface area contributed by atoms with E-state index in [1.54, 1.807) is 6.20 Å². The van der Waals surface area contributed by atoms with E-state index < -0.39 is 15.9 Å². The molecule has 25 heavy (non-hydrogen) atoms. The van der Waals surface area contributed by atoms with Gasteiger partial charge in [0.1, 0.15) is 5.65 Å². The highest BCUT2D eigenvalue weighted by atomic mass is 32.2. The average Bonchev–Trinajstić information content (AvgIpc) is 3.25. The maximum atomic E-state index is 11.8. The van der Waals surface area contributed by atoms with Crippen molar-refractivity contribution in [1.29, 1.82) is 0 Å². The number of sulfone groups is 1. The first-order valence-corrected chi connectivity index (χ1v) is 10.8. The van der Waals surface area contributed by atoms with Crippen LogP contribution >= 0.6 is 0 Å². The van der Waals surface area contributed by atoms with Gasteiger partial charge in [0.15, 0.2) is 9.84 Å². The number of aliphatic hydroxyl groups excluding tert-OH is 1. The number of nitrogens with zero attached hydrogens (tertiary/aromatic N) is 2. The summed E-state index contributed by atoms with van der Waals surface area (Å²) < 4.78 is 23.7. The minimum atomic E-state index is -3.15. The highest BCUT2D eigenvalue weighted by molar-refractivity contribution is 7.91. The summed E-state index contributed by atoms with van der Waals surface area (Å²) in [5.74, 6) is 0.423. The maximum absolute atomic E-state index is 11.8. The van der Waals surface area contributed by atoms with Crippen LogP contribution < -0.4 is 0 Å². The van der Waals surface area contributed by atoms with E-state index in [1.807, 2.05) is 18.0 Å². The molecule has 7 heteroatoms. The molecule has 2 fully saturated rings. The fourth-order valence-electron chi connectivity index (χ4n) is 4.43. The Labute approximate surface area is 148 Å². The molecule has 0 aromatic carbocycles. The number of rotatable bonds is 4. The standard InChI is InChI=1S/C18H25N3O3S/c1-21(15-10-25(23,24)11-16(15)22)9-14-13-7-4-8-19-18(13)20-17(14)12-5-2-3-6-12/h4,7-8,12,15-16,22H,2-3,5-6,9-11H2,1H3,(H,19,20)/t15?,16-/m1/s1. The molecule has 1 unspecified atom stereocenters. The predicted molar refractivity (Wildman–Crippen MR) is 97.2 cm³/mol. The van der Waals surface area contributed by atoms with Crippen LogP contribution in [-0.4, -0.2) is 59.1 Å². The molecule has 0 radical (unpaired) electrons. The second-order valence-electron chi connectivity index (χ2n) is 7.52. The van der Waals surface area contributed by atoms with E-state index in [9.17, 15) is 13.5 Å². The number of nitrogens with one attached hydrogen (secondary N) is 1. The van der Waals surface area contributed by atoms with Crippen molar-refractivity contribution >= 4 is 20.9 Å². The van der Waals surface area contributed by atoms with E-state index in [2.05, 4.69) is 16.0 Å². The third-order valence-corrected chi connectivity index (χ3v) is 7.44. The Balaban J connectivity index is 1.67. The maximum Gasteiger partial charge on any atom is 0.154 e.